The number of ether oxygens (including phenoxy) is 2. The highest BCUT2D eigenvalue weighted by atomic mass is 32.2. The number of aryl methyl sites for hydroxylation is 3. The van der Waals surface area contributed by atoms with Gasteiger partial charge in [0.25, 0.3) is 20.0 Å². The minimum atomic E-state index is -4.23. The maximum atomic E-state index is 13.8. The average molecular weight is 624 g/mol. The average Bonchev–Trinajstić information content (AvgIpc) is 2.98. The number of rotatable bonds is 11. The predicted molar refractivity (Wildman–Crippen MR) is 167 cm³/mol. The van der Waals surface area contributed by atoms with E-state index in [0.717, 1.165) is 21.0 Å². The molecule has 226 valence electrons. The van der Waals surface area contributed by atoms with Crippen LogP contribution in [0.15, 0.2) is 94.7 Å². The van der Waals surface area contributed by atoms with Crippen LogP contribution >= 0.6 is 0 Å². The third-order valence-electron chi connectivity index (χ3n) is 6.64. The fourth-order valence-electron chi connectivity index (χ4n) is 4.23. The number of hydrogen-bond donors (Lipinski definition) is 2. The van der Waals surface area contributed by atoms with Gasteiger partial charge in [-0.25, -0.2) is 16.8 Å². The molecule has 0 bridgehead atoms. The van der Waals surface area contributed by atoms with Crippen molar-refractivity contribution < 1.29 is 31.1 Å². The highest BCUT2D eigenvalue weighted by Gasteiger charge is 2.28. The molecule has 0 atom stereocenters. The summed E-state index contributed by atoms with van der Waals surface area (Å²) in [6.07, 6.45) is 0. The Balaban J connectivity index is 1.56. The number of nitrogens with one attached hydrogen (secondary N) is 2. The number of nitrogens with zero attached hydrogens (tertiary/aromatic N) is 1. The number of carbonyl (C=O) groups is 1. The Bertz CT molecular complexity index is 1840. The Morgan fingerprint density at radius 1 is 0.721 bits per heavy atom. The van der Waals surface area contributed by atoms with Gasteiger partial charge in [0, 0.05) is 11.8 Å². The molecule has 4 aromatic carbocycles. The second-order valence-electron chi connectivity index (χ2n) is 9.86. The first-order valence-corrected chi connectivity index (χ1v) is 16.1. The lowest BCUT2D eigenvalue weighted by Gasteiger charge is -2.24. The summed E-state index contributed by atoms with van der Waals surface area (Å²) in [6, 6.07) is 22.0. The minimum absolute atomic E-state index is 0.00344. The lowest BCUT2D eigenvalue weighted by molar-refractivity contribution is -0.114. The van der Waals surface area contributed by atoms with E-state index in [1.54, 1.807) is 37.3 Å². The fraction of sp³-hybridized carbons (Fsp3) is 0.194. The van der Waals surface area contributed by atoms with E-state index in [9.17, 15) is 21.6 Å². The third kappa shape index (κ3) is 7.27. The molecule has 10 nitrogen and oxygen atoms in total. The van der Waals surface area contributed by atoms with E-state index in [2.05, 4.69) is 10.0 Å². The van der Waals surface area contributed by atoms with Crippen LogP contribution in [0.3, 0.4) is 0 Å². The second-order valence-corrected chi connectivity index (χ2v) is 13.4. The van der Waals surface area contributed by atoms with E-state index in [0.29, 0.717) is 17.1 Å². The van der Waals surface area contributed by atoms with Gasteiger partial charge in [-0.15, -0.1) is 0 Å². The van der Waals surface area contributed by atoms with Gasteiger partial charge in [0.2, 0.25) is 5.91 Å². The topological polar surface area (TPSA) is 131 Å². The zero-order valence-corrected chi connectivity index (χ0v) is 26.0. The largest absolute Gasteiger partial charge is 0.493 e. The Morgan fingerprint density at radius 2 is 1.33 bits per heavy atom. The van der Waals surface area contributed by atoms with E-state index in [-0.39, 0.29) is 21.2 Å². The van der Waals surface area contributed by atoms with Crippen molar-refractivity contribution in [1.82, 2.24) is 0 Å². The standard InChI is InChI=1S/C31H33N3O7S2/c1-21-7-12-25(13-8-21)34(43(38,39)27-16-17-29(40-4)30(19-27)41-5)20-31(35)32-24-10-14-26(15-11-24)42(36,37)33-28-18-22(2)6-9-23(28)3/h6-19,33H,20H2,1-5H3,(H,32,35). The van der Waals surface area contributed by atoms with Gasteiger partial charge in [0.1, 0.15) is 6.54 Å². The Kier molecular flexibility index (Phi) is 9.31. The maximum absolute atomic E-state index is 13.8. The van der Waals surface area contributed by atoms with Crippen molar-refractivity contribution in [1.29, 1.82) is 0 Å². The number of amides is 1. The molecule has 0 heterocycles. The fourth-order valence-corrected chi connectivity index (χ4v) is 6.79. The number of benzene rings is 4. The number of methoxy groups -OCH3 is 2. The van der Waals surface area contributed by atoms with Crippen LogP contribution in [-0.2, 0) is 24.8 Å². The van der Waals surface area contributed by atoms with Crippen molar-refractivity contribution >= 4 is 43.0 Å². The molecule has 0 aliphatic rings. The van der Waals surface area contributed by atoms with Crippen molar-refractivity contribution in [3.05, 3.63) is 102 Å². The number of carbonyl (C=O) groups excluding carboxylic acids is 1. The number of sulfonamides is 2. The summed E-state index contributed by atoms with van der Waals surface area (Å²) >= 11 is 0. The molecule has 0 saturated carbocycles. The zero-order valence-electron chi connectivity index (χ0n) is 24.4. The van der Waals surface area contributed by atoms with E-state index in [4.69, 9.17) is 9.47 Å². The Morgan fingerprint density at radius 3 is 1.95 bits per heavy atom. The van der Waals surface area contributed by atoms with Crippen LogP contribution < -0.4 is 23.8 Å². The summed E-state index contributed by atoms with van der Waals surface area (Å²) in [7, 11) is -5.27. The lowest BCUT2D eigenvalue weighted by Crippen LogP contribution is -2.38. The molecule has 0 fully saturated rings. The number of hydrogen-bond acceptors (Lipinski definition) is 7. The molecular formula is C31H33N3O7S2. The van der Waals surface area contributed by atoms with Gasteiger partial charge >= 0.3 is 0 Å². The van der Waals surface area contributed by atoms with Gasteiger partial charge in [0.15, 0.2) is 11.5 Å². The molecular weight excluding hydrogens is 590 g/mol. The van der Waals surface area contributed by atoms with Crippen molar-refractivity contribution in [2.24, 2.45) is 0 Å². The molecule has 0 saturated heterocycles. The van der Waals surface area contributed by atoms with Crippen molar-refractivity contribution in [2.45, 2.75) is 30.6 Å². The quantitative estimate of drug-likeness (QED) is 0.233. The summed E-state index contributed by atoms with van der Waals surface area (Å²) in [5, 5.41) is 2.66. The van der Waals surface area contributed by atoms with E-state index in [1.807, 2.05) is 26.0 Å². The SMILES string of the molecule is COc1ccc(S(=O)(=O)N(CC(=O)Nc2ccc(S(=O)(=O)Nc3cc(C)ccc3C)cc2)c2ccc(C)cc2)cc1OC. The summed E-state index contributed by atoms with van der Waals surface area (Å²) in [4.78, 5) is 13.1. The molecule has 2 N–H and O–H groups in total. The van der Waals surface area contributed by atoms with Crippen LogP contribution in [0.4, 0.5) is 17.1 Å². The van der Waals surface area contributed by atoms with Crippen LogP contribution in [0.5, 0.6) is 11.5 Å². The smallest absolute Gasteiger partial charge is 0.264 e. The predicted octanol–water partition coefficient (Wildman–Crippen LogP) is 5.26. The van der Waals surface area contributed by atoms with E-state index in [1.165, 1.54) is 56.7 Å². The van der Waals surface area contributed by atoms with Gasteiger partial charge in [0.05, 0.1) is 35.4 Å². The van der Waals surface area contributed by atoms with Gasteiger partial charge in [-0.3, -0.25) is 13.8 Å². The monoisotopic (exact) mass is 623 g/mol. The first-order chi connectivity index (χ1) is 20.3. The van der Waals surface area contributed by atoms with Crippen LogP contribution in [0.25, 0.3) is 0 Å². The number of anilines is 3. The molecule has 4 rings (SSSR count). The summed E-state index contributed by atoms with van der Waals surface area (Å²) < 4.78 is 67.6. The Hall–Kier alpha value is -4.55. The van der Waals surface area contributed by atoms with Crippen LogP contribution in [-0.4, -0.2) is 43.5 Å². The van der Waals surface area contributed by atoms with Gasteiger partial charge in [-0.1, -0.05) is 29.8 Å². The van der Waals surface area contributed by atoms with Crippen LogP contribution in [0, 0.1) is 20.8 Å². The van der Waals surface area contributed by atoms with Crippen LogP contribution in [0.1, 0.15) is 16.7 Å². The first-order valence-electron chi connectivity index (χ1n) is 13.2. The first kappa shape index (κ1) is 31.4. The van der Waals surface area contributed by atoms with Crippen LogP contribution in [0.2, 0.25) is 0 Å². The van der Waals surface area contributed by atoms with E-state index >= 15 is 0 Å². The molecule has 4 aromatic rings. The van der Waals surface area contributed by atoms with E-state index < -0.39 is 32.5 Å². The molecule has 43 heavy (non-hydrogen) atoms. The molecule has 0 unspecified atom stereocenters. The lowest BCUT2D eigenvalue weighted by atomic mass is 10.1. The minimum Gasteiger partial charge on any atom is -0.493 e. The van der Waals surface area contributed by atoms with Crippen molar-refractivity contribution in [3.8, 4) is 11.5 Å². The van der Waals surface area contributed by atoms with Crippen molar-refractivity contribution in [2.75, 3.05) is 35.1 Å². The molecule has 1 amide bonds. The third-order valence-corrected chi connectivity index (χ3v) is 9.79. The summed E-state index contributed by atoms with van der Waals surface area (Å²) in [5.41, 5.74) is 3.66. The maximum Gasteiger partial charge on any atom is 0.264 e. The van der Waals surface area contributed by atoms with Gasteiger partial charge in [-0.05, 0) is 86.5 Å². The zero-order chi connectivity index (χ0) is 31.4. The molecule has 0 aliphatic heterocycles. The molecule has 0 aromatic heterocycles. The van der Waals surface area contributed by atoms with Crippen molar-refractivity contribution in [3.63, 3.8) is 0 Å². The highest BCUT2D eigenvalue weighted by Crippen LogP contribution is 2.32. The normalized spacial score (nSPS) is 11.5. The second kappa shape index (κ2) is 12.8. The molecule has 12 heteroatoms. The molecule has 0 aliphatic carbocycles. The summed E-state index contributed by atoms with van der Waals surface area (Å²) in [5.74, 6) is -0.0523. The van der Waals surface area contributed by atoms with Gasteiger partial charge in [-0.2, -0.15) is 0 Å². The Labute approximate surface area is 252 Å². The summed E-state index contributed by atoms with van der Waals surface area (Å²) in [6.45, 7) is 4.99. The van der Waals surface area contributed by atoms with Gasteiger partial charge < -0.3 is 14.8 Å². The highest BCUT2D eigenvalue weighted by molar-refractivity contribution is 7.93. The molecule has 0 radical (unpaired) electrons. The molecule has 0 spiro atoms.